The fraction of sp³-hybridized carbons (Fsp3) is 0.222. The summed E-state index contributed by atoms with van der Waals surface area (Å²) in [6.07, 6.45) is 5.18. The molecule has 2 aliphatic rings. The number of hydrogen-bond acceptors (Lipinski definition) is 5. The van der Waals surface area contributed by atoms with Gasteiger partial charge in [-0.1, -0.05) is 42.0 Å². The van der Waals surface area contributed by atoms with Gasteiger partial charge in [0.15, 0.2) is 0 Å². The molecular formula is C27H25ClN2O4S. The number of anilines is 2. The van der Waals surface area contributed by atoms with Crippen LogP contribution in [-0.2, 0) is 14.8 Å². The Labute approximate surface area is 210 Å². The van der Waals surface area contributed by atoms with Crippen molar-refractivity contribution in [3.05, 3.63) is 100 Å². The summed E-state index contributed by atoms with van der Waals surface area (Å²) in [5.74, 6) is -0.0543. The molecule has 1 aliphatic carbocycles. The summed E-state index contributed by atoms with van der Waals surface area (Å²) in [4.78, 5) is 12.0. The molecule has 0 saturated heterocycles. The van der Waals surface area contributed by atoms with Gasteiger partial charge in [0.25, 0.3) is 10.0 Å². The summed E-state index contributed by atoms with van der Waals surface area (Å²) in [6.45, 7) is 1.83. The van der Waals surface area contributed by atoms with Crippen LogP contribution in [0.1, 0.15) is 45.4 Å². The summed E-state index contributed by atoms with van der Waals surface area (Å²) in [6, 6.07) is 17.8. The van der Waals surface area contributed by atoms with Gasteiger partial charge in [0.05, 0.1) is 29.3 Å². The van der Waals surface area contributed by atoms with E-state index in [1.54, 1.807) is 42.5 Å². The van der Waals surface area contributed by atoms with Crippen LogP contribution in [0.25, 0.3) is 0 Å². The zero-order valence-corrected chi connectivity index (χ0v) is 20.9. The van der Waals surface area contributed by atoms with E-state index in [1.807, 2.05) is 25.1 Å². The highest BCUT2D eigenvalue weighted by atomic mass is 35.5. The Kier molecular flexibility index (Phi) is 6.07. The summed E-state index contributed by atoms with van der Waals surface area (Å²) in [7, 11) is -2.43. The molecule has 0 aromatic heterocycles. The first-order valence-corrected chi connectivity index (χ1v) is 13.2. The van der Waals surface area contributed by atoms with Crippen LogP contribution in [-0.4, -0.2) is 21.5 Å². The average molecular weight is 509 g/mol. The van der Waals surface area contributed by atoms with Crippen molar-refractivity contribution in [2.75, 3.05) is 17.1 Å². The minimum absolute atomic E-state index is 0.0314. The first kappa shape index (κ1) is 23.5. The number of aryl methyl sites for hydroxylation is 1. The molecule has 6 nitrogen and oxygen atoms in total. The number of ether oxygens (including phenoxy) is 1. The number of sulfonamides is 1. The summed E-state index contributed by atoms with van der Waals surface area (Å²) < 4.78 is 33.9. The van der Waals surface area contributed by atoms with Crippen LogP contribution in [0.5, 0.6) is 0 Å². The third-order valence-corrected chi connectivity index (χ3v) is 8.38. The number of esters is 1. The fourth-order valence-corrected chi connectivity index (χ4v) is 6.25. The Morgan fingerprint density at radius 1 is 1.09 bits per heavy atom. The van der Waals surface area contributed by atoms with Gasteiger partial charge in [0.1, 0.15) is 0 Å². The zero-order valence-electron chi connectivity index (χ0n) is 19.3. The maximum absolute atomic E-state index is 13.2. The number of carbonyl (C=O) groups excluding carboxylic acids is 1. The molecule has 0 radical (unpaired) electrons. The number of methoxy groups -OCH3 is 1. The van der Waals surface area contributed by atoms with Crippen molar-refractivity contribution in [3.63, 3.8) is 0 Å². The molecule has 5 rings (SSSR count). The van der Waals surface area contributed by atoms with Gasteiger partial charge in [-0.2, -0.15) is 0 Å². The highest BCUT2D eigenvalue weighted by Crippen LogP contribution is 2.50. The highest BCUT2D eigenvalue weighted by molar-refractivity contribution is 7.92. The van der Waals surface area contributed by atoms with Crippen LogP contribution in [0.2, 0.25) is 5.02 Å². The van der Waals surface area contributed by atoms with E-state index in [-0.39, 0.29) is 28.7 Å². The van der Waals surface area contributed by atoms with Crippen molar-refractivity contribution in [2.45, 2.75) is 30.2 Å². The molecule has 1 heterocycles. The Bertz CT molecular complexity index is 1430. The third-order valence-electron chi connectivity index (χ3n) is 6.78. The van der Waals surface area contributed by atoms with Crippen molar-refractivity contribution in [1.29, 1.82) is 0 Å². The number of rotatable bonds is 5. The van der Waals surface area contributed by atoms with Crippen molar-refractivity contribution in [1.82, 2.24) is 0 Å². The number of fused-ring (bicyclic) bond motifs is 3. The fourth-order valence-electron chi connectivity index (χ4n) is 4.92. The molecule has 0 fully saturated rings. The molecule has 1 aliphatic heterocycles. The topological polar surface area (TPSA) is 84.5 Å². The number of allylic oxidation sites excluding steroid dienone is 2. The molecule has 0 saturated carbocycles. The maximum Gasteiger partial charge on any atom is 0.337 e. The SMILES string of the molecule is COC(=O)c1ccc([C@H]2Nc3ccc(S(=O)(=O)Nc4cc(Cl)ccc4C)cc3[C@H]3C=CC[C@H]32)cc1. The quantitative estimate of drug-likeness (QED) is 0.323. The monoisotopic (exact) mass is 508 g/mol. The van der Waals surface area contributed by atoms with Gasteiger partial charge < -0.3 is 10.1 Å². The van der Waals surface area contributed by atoms with E-state index in [0.717, 1.165) is 28.8 Å². The lowest BCUT2D eigenvalue weighted by atomic mass is 9.77. The third kappa shape index (κ3) is 4.42. The second-order valence-electron chi connectivity index (χ2n) is 8.90. The molecule has 8 heteroatoms. The van der Waals surface area contributed by atoms with Crippen molar-refractivity contribution in [2.24, 2.45) is 5.92 Å². The van der Waals surface area contributed by atoms with E-state index >= 15 is 0 Å². The first-order chi connectivity index (χ1) is 16.8. The average Bonchev–Trinajstić information content (AvgIpc) is 3.35. The van der Waals surface area contributed by atoms with Gasteiger partial charge >= 0.3 is 5.97 Å². The van der Waals surface area contributed by atoms with E-state index in [1.165, 1.54) is 7.11 Å². The predicted molar refractivity (Wildman–Crippen MR) is 138 cm³/mol. The summed E-state index contributed by atoms with van der Waals surface area (Å²) >= 11 is 6.07. The minimum atomic E-state index is -3.80. The van der Waals surface area contributed by atoms with Gasteiger partial charge in [0.2, 0.25) is 0 Å². The normalized spacial score (nSPS) is 20.5. The van der Waals surface area contributed by atoms with E-state index in [9.17, 15) is 13.2 Å². The molecule has 3 aromatic carbocycles. The van der Waals surface area contributed by atoms with Crippen LogP contribution in [0, 0.1) is 12.8 Å². The number of hydrogen-bond donors (Lipinski definition) is 2. The van der Waals surface area contributed by atoms with Gasteiger partial charge in [-0.25, -0.2) is 13.2 Å². The number of halogens is 1. The lowest BCUT2D eigenvalue weighted by molar-refractivity contribution is 0.0600. The van der Waals surface area contributed by atoms with Gasteiger partial charge in [-0.3, -0.25) is 4.72 Å². The standard InChI is InChI=1S/C27H25ClN2O4S/c1-16-6-11-19(28)14-25(16)30-35(32,33)20-12-13-24-23(15-20)21-4-3-5-22(21)26(29-24)17-7-9-18(10-8-17)27(31)34-2/h3-4,6-15,21-22,26,29-30H,5H2,1-2H3/t21-,22+,26+/m0/s1. The van der Waals surface area contributed by atoms with Crippen molar-refractivity contribution < 1.29 is 17.9 Å². The van der Waals surface area contributed by atoms with Gasteiger partial charge in [0, 0.05) is 16.6 Å². The van der Waals surface area contributed by atoms with E-state index in [0.29, 0.717) is 16.3 Å². The Balaban J connectivity index is 1.46. The molecule has 0 amide bonds. The van der Waals surface area contributed by atoms with Gasteiger partial charge in [-0.15, -0.1) is 0 Å². The predicted octanol–water partition coefficient (Wildman–Crippen LogP) is 6.06. The molecule has 0 bridgehead atoms. The van der Waals surface area contributed by atoms with Crippen molar-refractivity contribution >= 4 is 39.0 Å². The minimum Gasteiger partial charge on any atom is -0.465 e. The summed E-state index contributed by atoms with van der Waals surface area (Å²) in [5, 5.41) is 4.07. The molecule has 2 N–H and O–H groups in total. The highest BCUT2D eigenvalue weighted by Gasteiger charge is 2.38. The number of carbonyl (C=O) groups is 1. The van der Waals surface area contributed by atoms with Crippen LogP contribution in [0.3, 0.4) is 0 Å². The van der Waals surface area contributed by atoms with Crippen LogP contribution in [0.15, 0.2) is 77.7 Å². The lowest BCUT2D eigenvalue weighted by Gasteiger charge is -2.37. The van der Waals surface area contributed by atoms with Gasteiger partial charge in [-0.05, 0) is 78.4 Å². The number of nitrogens with one attached hydrogen (secondary N) is 2. The molecule has 3 aromatic rings. The Hall–Kier alpha value is -3.29. The molecular weight excluding hydrogens is 484 g/mol. The molecule has 3 atom stereocenters. The molecule has 180 valence electrons. The Morgan fingerprint density at radius 2 is 1.86 bits per heavy atom. The molecule has 0 spiro atoms. The first-order valence-electron chi connectivity index (χ1n) is 11.3. The zero-order chi connectivity index (χ0) is 24.7. The lowest BCUT2D eigenvalue weighted by Crippen LogP contribution is -2.29. The van der Waals surface area contributed by atoms with Crippen LogP contribution < -0.4 is 10.0 Å². The Morgan fingerprint density at radius 3 is 2.60 bits per heavy atom. The summed E-state index contributed by atoms with van der Waals surface area (Å²) in [5.41, 5.74) is 4.68. The van der Waals surface area contributed by atoms with Crippen LogP contribution in [0.4, 0.5) is 11.4 Å². The molecule has 0 unspecified atom stereocenters. The second-order valence-corrected chi connectivity index (χ2v) is 11.0. The maximum atomic E-state index is 13.2. The van der Waals surface area contributed by atoms with Crippen LogP contribution >= 0.6 is 11.6 Å². The molecule has 35 heavy (non-hydrogen) atoms. The smallest absolute Gasteiger partial charge is 0.337 e. The largest absolute Gasteiger partial charge is 0.465 e. The van der Waals surface area contributed by atoms with E-state index in [4.69, 9.17) is 16.3 Å². The van der Waals surface area contributed by atoms with E-state index < -0.39 is 10.0 Å². The van der Waals surface area contributed by atoms with E-state index in [2.05, 4.69) is 22.2 Å². The van der Waals surface area contributed by atoms with Crippen molar-refractivity contribution in [3.8, 4) is 0 Å². The number of benzene rings is 3. The second kappa shape index (κ2) is 9.06.